The summed E-state index contributed by atoms with van der Waals surface area (Å²) >= 11 is 5.89. The molecule has 1 aromatic rings. The molecule has 1 aliphatic carbocycles. The topological polar surface area (TPSA) is 72.9 Å². The molecule has 0 atom stereocenters. The number of ether oxygens (including phenoxy) is 2. The molecule has 0 spiro atoms. The number of benzene rings is 1. The van der Waals surface area contributed by atoms with Crippen LogP contribution >= 0.6 is 11.6 Å². The van der Waals surface area contributed by atoms with Crippen LogP contribution in [-0.4, -0.2) is 31.5 Å². The Morgan fingerprint density at radius 3 is 2.46 bits per heavy atom. The van der Waals surface area contributed by atoms with Crippen molar-refractivity contribution < 1.29 is 28.2 Å². The second-order valence-corrected chi connectivity index (χ2v) is 6.45. The number of carbonyl (C=O) groups excluding carboxylic acids is 3. The highest BCUT2D eigenvalue weighted by Gasteiger charge is 2.32. The van der Waals surface area contributed by atoms with Gasteiger partial charge in [-0.1, -0.05) is 17.5 Å². The zero-order valence-electron chi connectivity index (χ0n) is 15.5. The van der Waals surface area contributed by atoms with Gasteiger partial charge in [-0.2, -0.15) is 0 Å². The van der Waals surface area contributed by atoms with E-state index >= 15 is 0 Å². The van der Waals surface area contributed by atoms with Gasteiger partial charge in [-0.05, 0) is 31.7 Å². The fraction of sp³-hybridized carbons (Fsp3) is 0.350. The SMILES string of the molecule is C#CCOC(=O)C1=C(C(=O)N(C(C)=O)c2cc(OC)c(Cl)cc2F)CCCC1. The first-order chi connectivity index (χ1) is 13.3. The van der Waals surface area contributed by atoms with Gasteiger partial charge in [0.05, 0.1) is 17.8 Å². The maximum Gasteiger partial charge on any atom is 0.335 e. The highest BCUT2D eigenvalue weighted by molar-refractivity contribution is 6.32. The summed E-state index contributed by atoms with van der Waals surface area (Å²) in [4.78, 5) is 38.3. The maximum atomic E-state index is 14.5. The largest absolute Gasteiger partial charge is 0.495 e. The number of terminal acetylenes is 1. The van der Waals surface area contributed by atoms with E-state index in [0.717, 1.165) is 19.1 Å². The summed E-state index contributed by atoms with van der Waals surface area (Å²) < 4.78 is 24.5. The number of hydrogen-bond donors (Lipinski definition) is 0. The van der Waals surface area contributed by atoms with Crippen LogP contribution in [0.4, 0.5) is 10.1 Å². The van der Waals surface area contributed by atoms with Crippen LogP contribution in [0.15, 0.2) is 23.3 Å². The molecule has 0 radical (unpaired) electrons. The van der Waals surface area contributed by atoms with Gasteiger partial charge in [0.15, 0.2) is 6.61 Å². The molecule has 0 saturated carbocycles. The zero-order valence-corrected chi connectivity index (χ0v) is 16.3. The van der Waals surface area contributed by atoms with Crippen molar-refractivity contribution in [2.24, 2.45) is 0 Å². The molecule has 0 unspecified atom stereocenters. The van der Waals surface area contributed by atoms with Crippen molar-refractivity contribution in [2.45, 2.75) is 32.6 Å². The highest BCUT2D eigenvalue weighted by atomic mass is 35.5. The number of nitrogens with zero attached hydrogens (tertiary/aromatic N) is 1. The molecule has 1 aliphatic rings. The molecular formula is C20H19ClFNO5. The number of imide groups is 1. The van der Waals surface area contributed by atoms with Gasteiger partial charge in [0.1, 0.15) is 11.6 Å². The average Bonchev–Trinajstić information content (AvgIpc) is 2.67. The van der Waals surface area contributed by atoms with Crippen LogP contribution in [0, 0.1) is 18.2 Å². The Bertz CT molecular complexity index is 887. The Labute approximate surface area is 167 Å². The molecule has 0 bridgehead atoms. The summed E-state index contributed by atoms with van der Waals surface area (Å²) in [6.07, 6.45) is 6.99. The predicted molar refractivity (Wildman–Crippen MR) is 101 cm³/mol. The number of anilines is 1. The second kappa shape index (κ2) is 9.38. The zero-order chi connectivity index (χ0) is 20.8. The van der Waals surface area contributed by atoms with Gasteiger partial charge in [-0.25, -0.2) is 14.1 Å². The van der Waals surface area contributed by atoms with Gasteiger partial charge in [-0.15, -0.1) is 6.42 Å². The number of methoxy groups -OCH3 is 1. The Morgan fingerprint density at radius 2 is 1.89 bits per heavy atom. The normalized spacial score (nSPS) is 13.5. The minimum Gasteiger partial charge on any atom is -0.495 e. The molecule has 1 aromatic carbocycles. The summed E-state index contributed by atoms with van der Waals surface area (Å²) in [6.45, 7) is 0.890. The number of carbonyl (C=O) groups is 3. The minimum atomic E-state index is -0.873. The Morgan fingerprint density at radius 1 is 1.25 bits per heavy atom. The van der Waals surface area contributed by atoms with E-state index in [4.69, 9.17) is 27.5 Å². The lowest BCUT2D eigenvalue weighted by molar-refractivity contribution is -0.138. The number of hydrogen-bond acceptors (Lipinski definition) is 5. The molecule has 28 heavy (non-hydrogen) atoms. The fourth-order valence-corrected chi connectivity index (χ4v) is 3.19. The van der Waals surface area contributed by atoms with Crippen molar-refractivity contribution in [3.63, 3.8) is 0 Å². The van der Waals surface area contributed by atoms with E-state index in [1.54, 1.807) is 0 Å². The van der Waals surface area contributed by atoms with Crippen LogP contribution in [0.2, 0.25) is 5.02 Å². The van der Waals surface area contributed by atoms with Gasteiger partial charge in [0.2, 0.25) is 5.91 Å². The molecule has 0 heterocycles. The molecular weight excluding hydrogens is 389 g/mol. The van der Waals surface area contributed by atoms with E-state index in [0.29, 0.717) is 24.2 Å². The predicted octanol–water partition coefficient (Wildman–Crippen LogP) is 3.41. The molecule has 148 valence electrons. The number of esters is 1. The number of rotatable bonds is 5. The summed E-state index contributed by atoms with van der Waals surface area (Å²) in [7, 11) is 1.33. The Balaban J connectivity index is 2.53. The third-order valence-electron chi connectivity index (χ3n) is 4.24. The Hall–Kier alpha value is -2.85. The molecule has 0 saturated heterocycles. The monoisotopic (exact) mass is 407 g/mol. The van der Waals surface area contributed by atoms with Gasteiger partial charge in [0.25, 0.3) is 5.91 Å². The molecule has 6 nitrogen and oxygen atoms in total. The van der Waals surface area contributed by atoms with Crippen molar-refractivity contribution >= 4 is 35.1 Å². The van der Waals surface area contributed by atoms with Gasteiger partial charge >= 0.3 is 5.97 Å². The maximum absolute atomic E-state index is 14.5. The summed E-state index contributed by atoms with van der Waals surface area (Å²) in [5.41, 5.74) is -0.0518. The standard InChI is InChI=1S/C20H19ClFNO5/c1-4-9-28-20(26)14-8-6-5-7-13(14)19(25)23(12(2)24)17-11-18(27-3)15(21)10-16(17)22/h1,10-11H,5-9H2,2-3H3. The van der Waals surface area contributed by atoms with Crippen LogP contribution in [0.1, 0.15) is 32.6 Å². The summed E-state index contributed by atoms with van der Waals surface area (Å²) in [6, 6.07) is 2.12. The first-order valence-corrected chi connectivity index (χ1v) is 8.90. The third-order valence-corrected chi connectivity index (χ3v) is 4.53. The lowest BCUT2D eigenvalue weighted by Gasteiger charge is -2.25. The van der Waals surface area contributed by atoms with Crippen molar-refractivity contribution in [1.82, 2.24) is 0 Å². The molecule has 0 aromatic heterocycles. The van der Waals surface area contributed by atoms with E-state index in [-0.39, 0.29) is 40.6 Å². The molecule has 8 heteroatoms. The molecule has 2 rings (SSSR count). The van der Waals surface area contributed by atoms with E-state index in [2.05, 4.69) is 5.92 Å². The van der Waals surface area contributed by atoms with Gasteiger partial charge in [-0.3, -0.25) is 9.59 Å². The van der Waals surface area contributed by atoms with Crippen LogP contribution in [-0.2, 0) is 19.1 Å². The van der Waals surface area contributed by atoms with Crippen molar-refractivity contribution in [2.75, 3.05) is 18.6 Å². The molecule has 2 amide bonds. The van der Waals surface area contributed by atoms with Crippen LogP contribution in [0.3, 0.4) is 0 Å². The van der Waals surface area contributed by atoms with Crippen molar-refractivity contribution in [1.29, 1.82) is 0 Å². The minimum absolute atomic E-state index is 0.00451. The number of halogens is 2. The highest BCUT2D eigenvalue weighted by Crippen LogP contribution is 2.35. The average molecular weight is 408 g/mol. The van der Waals surface area contributed by atoms with E-state index in [1.165, 1.54) is 7.11 Å². The van der Waals surface area contributed by atoms with Crippen molar-refractivity contribution in [3.8, 4) is 18.1 Å². The Kier molecular flexibility index (Phi) is 7.18. The number of amides is 2. The first-order valence-electron chi connectivity index (χ1n) is 8.52. The lowest BCUT2D eigenvalue weighted by Crippen LogP contribution is -2.38. The fourth-order valence-electron chi connectivity index (χ4n) is 2.96. The lowest BCUT2D eigenvalue weighted by atomic mass is 9.90. The third kappa shape index (κ3) is 4.52. The van der Waals surface area contributed by atoms with Crippen LogP contribution in [0.5, 0.6) is 5.75 Å². The smallest absolute Gasteiger partial charge is 0.335 e. The van der Waals surface area contributed by atoms with E-state index in [1.807, 2.05) is 0 Å². The molecule has 0 N–H and O–H groups in total. The van der Waals surface area contributed by atoms with Crippen molar-refractivity contribution in [3.05, 3.63) is 34.1 Å². The quantitative estimate of drug-likeness (QED) is 0.552. The summed E-state index contributed by atoms with van der Waals surface area (Å²) in [5.74, 6) is -0.808. The van der Waals surface area contributed by atoms with Gasteiger partial charge in [0, 0.05) is 24.1 Å². The van der Waals surface area contributed by atoms with Gasteiger partial charge < -0.3 is 9.47 Å². The first kappa shape index (κ1) is 21.5. The van der Waals surface area contributed by atoms with Crippen LogP contribution in [0.25, 0.3) is 0 Å². The van der Waals surface area contributed by atoms with E-state index < -0.39 is 23.6 Å². The van der Waals surface area contributed by atoms with E-state index in [9.17, 15) is 18.8 Å². The van der Waals surface area contributed by atoms with Crippen LogP contribution < -0.4 is 9.64 Å². The summed E-state index contributed by atoms with van der Waals surface area (Å²) in [5, 5.41) is -0.00451. The second-order valence-electron chi connectivity index (χ2n) is 6.04. The molecule has 0 aliphatic heterocycles. The molecule has 0 fully saturated rings.